The van der Waals surface area contributed by atoms with Gasteiger partial charge in [0.2, 0.25) is 0 Å². The third-order valence-corrected chi connectivity index (χ3v) is 3.63. The first-order valence-corrected chi connectivity index (χ1v) is 6.70. The molecule has 0 amide bonds. The van der Waals surface area contributed by atoms with Gasteiger partial charge in [-0.05, 0) is 26.3 Å². The summed E-state index contributed by atoms with van der Waals surface area (Å²) in [6.45, 7) is 8.37. The minimum absolute atomic E-state index is 0.193. The first-order chi connectivity index (χ1) is 8.21. The quantitative estimate of drug-likeness (QED) is 0.727. The van der Waals surface area contributed by atoms with Gasteiger partial charge in [-0.15, -0.1) is 0 Å². The molecule has 1 N–H and O–H groups in total. The van der Waals surface area contributed by atoms with Gasteiger partial charge in [0.25, 0.3) is 0 Å². The van der Waals surface area contributed by atoms with Crippen LogP contribution in [0.3, 0.4) is 0 Å². The number of likely N-dealkylation sites (tertiary alicyclic amines) is 1. The van der Waals surface area contributed by atoms with E-state index in [-0.39, 0.29) is 6.10 Å². The molecule has 1 fully saturated rings. The van der Waals surface area contributed by atoms with E-state index in [4.69, 9.17) is 9.47 Å². The number of ether oxygens (including phenoxy) is 2. The minimum atomic E-state index is 0.193. The third-order valence-electron chi connectivity index (χ3n) is 3.63. The lowest BCUT2D eigenvalue weighted by atomic mass is 9.98. The van der Waals surface area contributed by atoms with Crippen molar-refractivity contribution in [1.29, 1.82) is 0 Å². The van der Waals surface area contributed by atoms with Crippen molar-refractivity contribution in [2.24, 2.45) is 0 Å². The van der Waals surface area contributed by atoms with E-state index in [2.05, 4.69) is 24.1 Å². The van der Waals surface area contributed by atoms with Crippen molar-refractivity contribution in [2.45, 2.75) is 44.9 Å². The molecule has 4 nitrogen and oxygen atoms in total. The summed E-state index contributed by atoms with van der Waals surface area (Å²) in [4.78, 5) is 2.51. The van der Waals surface area contributed by atoms with E-state index in [0.717, 1.165) is 19.6 Å². The molecule has 102 valence electrons. The van der Waals surface area contributed by atoms with E-state index < -0.39 is 0 Å². The molecule has 0 aromatic carbocycles. The van der Waals surface area contributed by atoms with Crippen LogP contribution < -0.4 is 5.32 Å². The van der Waals surface area contributed by atoms with E-state index >= 15 is 0 Å². The van der Waals surface area contributed by atoms with Crippen LogP contribution in [0, 0.1) is 0 Å². The number of hydrogen-bond donors (Lipinski definition) is 1. The molecule has 0 saturated carbocycles. The second kappa shape index (κ2) is 8.03. The zero-order chi connectivity index (χ0) is 12.7. The first-order valence-electron chi connectivity index (χ1n) is 6.70. The van der Waals surface area contributed by atoms with Crippen LogP contribution >= 0.6 is 0 Å². The second-order valence-corrected chi connectivity index (χ2v) is 4.94. The highest BCUT2D eigenvalue weighted by molar-refractivity contribution is 4.84. The van der Waals surface area contributed by atoms with Gasteiger partial charge in [0, 0.05) is 39.4 Å². The lowest BCUT2D eigenvalue weighted by Crippen LogP contribution is -2.50. The highest BCUT2D eigenvalue weighted by Crippen LogP contribution is 2.17. The average molecular weight is 244 g/mol. The van der Waals surface area contributed by atoms with Gasteiger partial charge in [0.05, 0.1) is 12.7 Å². The topological polar surface area (TPSA) is 33.7 Å². The molecule has 0 aromatic rings. The van der Waals surface area contributed by atoms with Crippen molar-refractivity contribution < 1.29 is 9.47 Å². The molecule has 3 unspecified atom stereocenters. The van der Waals surface area contributed by atoms with Crippen molar-refractivity contribution in [3.8, 4) is 0 Å². The van der Waals surface area contributed by atoms with Crippen LogP contribution in [0.15, 0.2) is 0 Å². The SMILES string of the molecule is CCNC1CCN(CC(COC)OC)C(C)C1. The Balaban J connectivity index is 2.35. The largest absolute Gasteiger partial charge is 0.382 e. The number of hydrogen-bond acceptors (Lipinski definition) is 4. The summed E-state index contributed by atoms with van der Waals surface area (Å²) in [5, 5.41) is 3.55. The Kier molecular flexibility index (Phi) is 7.04. The van der Waals surface area contributed by atoms with Gasteiger partial charge in [-0.2, -0.15) is 0 Å². The summed E-state index contributed by atoms with van der Waals surface area (Å²) in [5.74, 6) is 0. The van der Waals surface area contributed by atoms with Crippen LogP contribution in [0.25, 0.3) is 0 Å². The lowest BCUT2D eigenvalue weighted by molar-refractivity contribution is -0.00902. The van der Waals surface area contributed by atoms with Gasteiger partial charge in [-0.3, -0.25) is 4.90 Å². The maximum absolute atomic E-state index is 5.43. The molecule has 3 atom stereocenters. The smallest absolute Gasteiger partial charge is 0.0931 e. The average Bonchev–Trinajstić information content (AvgIpc) is 2.32. The Morgan fingerprint density at radius 1 is 1.41 bits per heavy atom. The number of piperidine rings is 1. The lowest BCUT2D eigenvalue weighted by Gasteiger charge is -2.39. The van der Waals surface area contributed by atoms with Gasteiger partial charge >= 0.3 is 0 Å². The molecule has 4 heteroatoms. The highest BCUT2D eigenvalue weighted by Gasteiger charge is 2.26. The number of rotatable bonds is 7. The van der Waals surface area contributed by atoms with Crippen molar-refractivity contribution in [3.63, 3.8) is 0 Å². The molecule has 1 rings (SSSR count). The molecule has 0 spiro atoms. The van der Waals surface area contributed by atoms with Crippen molar-refractivity contribution in [1.82, 2.24) is 10.2 Å². The van der Waals surface area contributed by atoms with Crippen LogP contribution in [0.5, 0.6) is 0 Å². The van der Waals surface area contributed by atoms with Crippen LogP contribution in [0.1, 0.15) is 26.7 Å². The summed E-state index contributed by atoms with van der Waals surface area (Å²) in [6.07, 6.45) is 2.66. The fraction of sp³-hybridized carbons (Fsp3) is 1.00. The third kappa shape index (κ3) is 4.92. The van der Waals surface area contributed by atoms with Crippen molar-refractivity contribution in [2.75, 3.05) is 40.5 Å². The molecule has 1 heterocycles. The number of methoxy groups -OCH3 is 2. The van der Waals surface area contributed by atoms with Crippen molar-refractivity contribution >= 4 is 0 Å². The summed E-state index contributed by atoms with van der Waals surface area (Å²) in [7, 11) is 3.49. The van der Waals surface area contributed by atoms with Crippen LogP contribution in [0.2, 0.25) is 0 Å². The van der Waals surface area contributed by atoms with Crippen LogP contribution in [-0.4, -0.2) is 63.5 Å². The molecular weight excluding hydrogens is 216 g/mol. The van der Waals surface area contributed by atoms with Gasteiger partial charge in [0.1, 0.15) is 0 Å². The van der Waals surface area contributed by atoms with Gasteiger partial charge < -0.3 is 14.8 Å². The Bertz CT molecular complexity index is 202. The van der Waals surface area contributed by atoms with Gasteiger partial charge in [0.15, 0.2) is 0 Å². The summed E-state index contributed by atoms with van der Waals surface area (Å²) >= 11 is 0. The molecular formula is C13H28N2O2. The Morgan fingerprint density at radius 2 is 2.18 bits per heavy atom. The van der Waals surface area contributed by atoms with Crippen LogP contribution in [0.4, 0.5) is 0 Å². The minimum Gasteiger partial charge on any atom is -0.382 e. The number of nitrogens with one attached hydrogen (secondary N) is 1. The molecule has 17 heavy (non-hydrogen) atoms. The predicted molar refractivity (Wildman–Crippen MR) is 70.4 cm³/mol. The van der Waals surface area contributed by atoms with Crippen molar-refractivity contribution in [3.05, 3.63) is 0 Å². The van der Waals surface area contributed by atoms with Crippen LogP contribution in [-0.2, 0) is 9.47 Å². The fourth-order valence-electron chi connectivity index (χ4n) is 2.61. The maximum atomic E-state index is 5.43. The Labute approximate surface area is 106 Å². The Hall–Kier alpha value is -0.160. The Morgan fingerprint density at radius 3 is 2.71 bits per heavy atom. The van der Waals surface area contributed by atoms with E-state index in [0.29, 0.717) is 18.7 Å². The zero-order valence-corrected chi connectivity index (χ0v) is 11.7. The molecule has 1 saturated heterocycles. The summed E-state index contributed by atoms with van der Waals surface area (Å²) in [5.41, 5.74) is 0. The fourth-order valence-corrected chi connectivity index (χ4v) is 2.61. The second-order valence-electron chi connectivity index (χ2n) is 4.94. The predicted octanol–water partition coefficient (Wildman–Crippen LogP) is 1.11. The molecule has 0 aromatic heterocycles. The molecule has 1 aliphatic heterocycles. The van der Waals surface area contributed by atoms with E-state index in [1.165, 1.54) is 12.8 Å². The first kappa shape index (κ1) is 14.9. The molecule has 1 aliphatic rings. The molecule has 0 aliphatic carbocycles. The summed E-state index contributed by atoms with van der Waals surface area (Å²) < 4.78 is 10.6. The van der Waals surface area contributed by atoms with E-state index in [1.807, 2.05) is 0 Å². The maximum Gasteiger partial charge on any atom is 0.0931 e. The zero-order valence-electron chi connectivity index (χ0n) is 11.7. The summed E-state index contributed by atoms with van der Waals surface area (Å²) in [6, 6.07) is 1.32. The van der Waals surface area contributed by atoms with Gasteiger partial charge in [-0.25, -0.2) is 0 Å². The highest BCUT2D eigenvalue weighted by atomic mass is 16.5. The van der Waals surface area contributed by atoms with Gasteiger partial charge in [-0.1, -0.05) is 6.92 Å². The standard InChI is InChI=1S/C13H28N2O2/c1-5-14-12-6-7-15(11(2)8-12)9-13(17-4)10-16-3/h11-14H,5-10H2,1-4H3. The van der Waals surface area contributed by atoms with E-state index in [9.17, 15) is 0 Å². The van der Waals surface area contributed by atoms with E-state index in [1.54, 1.807) is 14.2 Å². The number of nitrogens with zero attached hydrogens (tertiary/aromatic N) is 1. The molecule has 0 bridgehead atoms. The normalized spacial score (nSPS) is 28.2. The molecule has 0 radical (unpaired) electrons. The monoisotopic (exact) mass is 244 g/mol.